The minimum absolute atomic E-state index is 0.0239. The molecule has 1 fully saturated rings. The Morgan fingerprint density at radius 2 is 1.49 bits per heavy atom. The number of hydrogen-bond donors (Lipinski definition) is 1. The van der Waals surface area contributed by atoms with E-state index in [1.54, 1.807) is 31.7 Å². The van der Waals surface area contributed by atoms with Crippen molar-refractivity contribution in [2.75, 3.05) is 18.4 Å². The van der Waals surface area contributed by atoms with Gasteiger partial charge in [-0.3, -0.25) is 4.79 Å². The van der Waals surface area contributed by atoms with E-state index in [0.29, 0.717) is 54.0 Å². The van der Waals surface area contributed by atoms with Gasteiger partial charge in [-0.2, -0.15) is 0 Å². The lowest BCUT2D eigenvalue weighted by Crippen LogP contribution is -2.41. The highest BCUT2D eigenvalue weighted by molar-refractivity contribution is 6.63. The zero-order valence-corrected chi connectivity index (χ0v) is 28.1. The first-order valence-electron chi connectivity index (χ1n) is 15.5. The molecule has 4 heterocycles. The van der Waals surface area contributed by atoms with E-state index in [2.05, 4.69) is 5.32 Å². The average molecular weight is 621 g/mol. The van der Waals surface area contributed by atoms with Gasteiger partial charge in [0.25, 0.3) is 5.91 Å². The SMILES string of the molecule is CC(C)(C)OC(=O)N1CCc2ccc(Nc3ccc(B4OC(C)(C)C(C)(C)O4)c4c3C(=O)N(C(=O)OC(C)(C)C)C4)nc2CC1. The summed E-state index contributed by atoms with van der Waals surface area (Å²) in [6, 6.07) is 7.53. The molecule has 0 saturated carbocycles. The first-order valence-corrected chi connectivity index (χ1v) is 15.5. The molecule has 3 aliphatic heterocycles. The second-order valence-corrected chi connectivity index (χ2v) is 14.9. The molecule has 11 nitrogen and oxygen atoms in total. The summed E-state index contributed by atoms with van der Waals surface area (Å²) in [7, 11) is -0.720. The Bertz CT molecular complexity index is 1510. The first kappa shape index (κ1) is 32.7. The van der Waals surface area contributed by atoms with E-state index in [0.717, 1.165) is 16.2 Å². The molecule has 3 aliphatic rings. The van der Waals surface area contributed by atoms with Gasteiger partial charge in [-0.15, -0.1) is 0 Å². The quantitative estimate of drug-likeness (QED) is 0.453. The molecule has 5 rings (SSSR count). The summed E-state index contributed by atoms with van der Waals surface area (Å²) in [5.74, 6) is 0.0800. The van der Waals surface area contributed by atoms with Crippen LogP contribution in [-0.4, -0.2) is 75.5 Å². The molecular formula is C33H45BN4O7. The summed E-state index contributed by atoms with van der Waals surface area (Å²) in [4.78, 5) is 47.4. The van der Waals surface area contributed by atoms with Crippen molar-refractivity contribution in [2.45, 2.75) is 111 Å². The van der Waals surface area contributed by atoms with Gasteiger partial charge in [-0.1, -0.05) is 12.1 Å². The fourth-order valence-corrected chi connectivity index (χ4v) is 5.50. The van der Waals surface area contributed by atoms with Crippen molar-refractivity contribution in [3.8, 4) is 0 Å². The van der Waals surface area contributed by atoms with Crippen LogP contribution in [0.5, 0.6) is 0 Å². The Labute approximate surface area is 266 Å². The van der Waals surface area contributed by atoms with Crippen molar-refractivity contribution >= 4 is 42.2 Å². The van der Waals surface area contributed by atoms with Crippen LogP contribution >= 0.6 is 0 Å². The van der Waals surface area contributed by atoms with Gasteiger partial charge >= 0.3 is 19.3 Å². The van der Waals surface area contributed by atoms with Gasteiger partial charge < -0.3 is 29.0 Å². The van der Waals surface area contributed by atoms with E-state index in [1.807, 2.05) is 66.7 Å². The van der Waals surface area contributed by atoms with Crippen LogP contribution in [0.25, 0.3) is 0 Å². The number of amides is 3. The molecule has 0 spiro atoms. The maximum atomic E-state index is 13.9. The highest BCUT2D eigenvalue weighted by Gasteiger charge is 2.53. The third kappa shape index (κ3) is 6.82. The Morgan fingerprint density at radius 3 is 2.11 bits per heavy atom. The number of carbonyl (C=O) groups is 3. The van der Waals surface area contributed by atoms with Crippen LogP contribution in [0.3, 0.4) is 0 Å². The van der Waals surface area contributed by atoms with Gasteiger partial charge in [-0.05, 0) is 104 Å². The topological polar surface area (TPSA) is 120 Å². The Kier molecular flexibility index (Phi) is 8.23. The van der Waals surface area contributed by atoms with E-state index in [1.165, 1.54) is 0 Å². The van der Waals surface area contributed by atoms with Crippen LogP contribution < -0.4 is 10.8 Å². The number of benzene rings is 1. The largest absolute Gasteiger partial charge is 0.495 e. The highest BCUT2D eigenvalue weighted by atomic mass is 16.7. The molecule has 45 heavy (non-hydrogen) atoms. The van der Waals surface area contributed by atoms with Gasteiger partial charge in [0.05, 0.1) is 29.0 Å². The zero-order valence-electron chi connectivity index (χ0n) is 28.1. The van der Waals surface area contributed by atoms with Gasteiger partial charge in [0, 0.05) is 25.2 Å². The van der Waals surface area contributed by atoms with Gasteiger partial charge in [-0.25, -0.2) is 19.5 Å². The van der Waals surface area contributed by atoms with Crippen molar-refractivity contribution in [3.05, 3.63) is 46.6 Å². The molecule has 242 valence electrons. The van der Waals surface area contributed by atoms with Crippen molar-refractivity contribution in [3.63, 3.8) is 0 Å². The standard InChI is InChI=1S/C33H45BN4O7/c1-30(2,3)42-28(40)37-17-15-20-11-14-25(35-23(20)16-18-37)36-24-13-12-22(34-44-32(7,8)33(9,10)45-34)21-19-38(27(39)26(21)24)29(41)43-31(4,5)6/h11-14H,15-19H2,1-10H3,(H,35,36). The fourth-order valence-electron chi connectivity index (χ4n) is 5.50. The predicted molar refractivity (Wildman–Crippen MR) is 171 cm³/mol. The lowest BCUT2D eigenvalue weighted by Gasteiger charge is -2.32. The van der Waals surface area contributed by atoms with Crippen LogP contribution in [-0.2, 0) is 38.2 Å². The lowest BCUT2D eigenvalue weighted by atomic mass is 9.74. The van der Waals surface area contributed by atoms with Crippen LogP contribution in [0.15, 0.2) is 24.3 Å². The number of hydrogen-bond acceptors (Lipinski definition) is 9. The van der Waals surface area contributed by atoms with Crippen LogP contribution in [0, 0.1) is 0 Å². The molecule has 1 aromatic heterocycles. The summed E-state index contributed by atoms with van der Waals surface area (Å²) in [6.07, 6.45) is 0.171. The number of imide groups is 1. The molecule has 0 radical (unpaired) electrons. The molecule has 1 aromatic carbocycles. The maximum Gasteiger partial charge on any atom is 0.495 e. The van der Waals surface area contributed by atoms with Crippen molar-refractivity contribution < 1.29 is 33.2 Å². The molecule has 3 amide bonds. The van der Waals surface area contributed by atoms with Gasteiger partial charge in [0.2, 0.25) is 0 Å². The Balaban J connectivity index is 1.44. The molecule has 0 unspecified atom stereocenters. The summed E-state index contributed by atoms with van der Waals surface area (Å²) in [6.45, 7) is 19.8. The maximum absolute atomic E-state index is 13.9. The van der Waals surface area contributed by atoms with Crippen LogP contribution in [0.4, 0.5) is 21.1 Å². The number of nitrogens with one attached hydrogen (secondary N) is 1. The minimum Gasteiger partial charge on any atom is -0.444 e. The first-order chi connectivity index (χ1) is 20.7. The zero-order chi connectivity index (χ0) is 33.1. The summed E-state index contributed by atoms with van der Waals surface area (Å²) < 4.78 is 23.8. The normalized spacial score (nSPS) is 19.2. The number of aromatic nitrogens is 1. The van der Waals surface area contributed by atoms with E-state index in [4.69, 9.17) is 23.8 Å². The predicted octanol–water partition coefficient (Wildman–Crippen LogP) is 5.35. The van der Waals surface area contributed by atoms with E-state index in [9.17, 15) is 14.4 Å². The number of ether oxygens (including phenoxy) is 2. The van der Waals surface area contributed by atoms with E-state index < -0.39 is 41.5 Å². The summed E-state index contributed by atoms with van der Waals surface area (Å²) in [5.41, 5.74) is 1.60. The minimum atomic E-state index is -0.771. The molecular weight excluding hydrogens is 575 g/mol. The summed E-state index contributed by atoms with van der Waals surface area (Å²) >= 11 is 0. The molecule has 0 atom stereocenters. The molecule has 0 aliphatic carbocycles. The second-order valence-electron chi connectivity index (χ2n) is 14.9. The fraction of sp³-hybridized carbons (Fsp3) is 0.576. The number of nitrogens with zero attached hydrogens (tertiary/aromatic N) is 3. The second kappa shape index (κ2) is 11.3. The van der Waals surface area contributed by atoms with Gasteiger partial charge in [0.1, 0.15) is 17.0 Å². The molecule has 1 N–H and O–H groups in total. The molecule has 0 bridgehead atoms. The van der Waals surface area contributed by atoms with Crippen molar-refractivity contribution in [2.24, 2.45) is 0 Å². The van der Waals surface area contributed by atoms with Crippen LogP contribution in [0.1, 0.15) is 96.4 Å². The monoisotopic (exact) mass is 620 g/mol. The molecule has 2 aromatic rings. The average Bonchev–Trinajstić information content (AvgIpc) is 3.23. The summed E-state index contributed by atoms with van der Waals surface area (Å²) in [5, 5.41) is 3.33. The number of rotatable bonds is 3. The Hall–Kier alpha value is -3.64. The van der Waals surface area contributed by atoms with Crippen molar-refractivity contribution in [1.82, 2.24) is 14.8 Å². The third-order valence-corrected chi connectivity index (χ3v) is 8.50. The lowest BCUT2D eigenvalue weighted by molar-refractivity contribution is 0.00578. The third-order valence-electron chi connectivity index (χ3n) is 8.50. The molecule has 1 saturated heterocycles. The van der Waals surface area contributed by atoms with Crippen LogP contribution in [0.2, 0.25) is 0 Å². The van der Waals surface area contributed by atoms with Gasteiger partial charge in [0.15, 0.2) is 0 Å². The number of fused-ring (bicyclic) bond motifs is 2. The molecule has 12 heteroatoms. The van der Waals surface area contributed by atoms with E-state index >= 15 is 0 Å². The number of anilines is 2. The number of pyridine rings is 1. The van der Waals surface area contributed by atoms with E-state index in [-0.39, 0.29) is 12.6 Å². The van der Waals surface area contributed by atoms with Crippen molar-refractivity contribution in [1.29, 1.82) is 0 Å². The number of carbonyl (C=O) groups excluding carboxylic acids is 3. The Morgan fingerprint density at radius 1 is 0.889 bits per heavy atom. The smallest absolute Gasteiger partial charge is 0.444 e. The highest BCUT2D eigenvalue weighted by Crippen LogP contribution is 2.39.